The van der Waals surface area contributed by atoms with E-state index in [1.165, 1.54) is 6.92 Å². The Labute approximate surface area is 169 Å². The Hall–Kier alpha value is -1.75. The molecule has 28 heavy (non-hydrogen) atoms. The lowest BCUT2D eigenvalue weighted by atomic mass is 9.67. The fourth-order valence-electron chi connectivity index (χ4n) is 4.52. The summed E-state index contributed by atoms with van der Waals surface area (Å²) in [5.41, 5.74) is 5.73. The van der Waals surface area contributed by atoms with Crippen LogP contribution in [0.25, 0.3) is 0 Å². The second-order valence-corrected chi connectivity index (χ2v) is 9.16. The highest BCUT2D eigenvalue weighted by Crippen LogP contribution is 2.40. The maximum Gasteiger partial charge on any atom is 0.274 e. The lowest BCUT2D eigenvalue weighted by Gasteiger charge is -2.45. The Balaban J connectivity index is 0.00000280. The number of amides is 1. The zero-order valence-electron chi connectivity index (χ0n) is 15.5. The van der Waals surface area contributed by atoms with Crippen molar-refractivity contribution in [3.05, 3.63) is 33.4 Å². The van der Waals surface area contributed by atoms with Gasteiger partial charge in [-0.05, 0) is 50.5 Å². The smallest absolute Gasteiger partial charge is 0.274 e. The maximum absolute atomic E-state index is 12.9. The van der Waals surface area contributed by atoms with E-state index in [1.807, 2.05) is 0 Å². The van der Waals surface area contributed by atoms with E-state index in [4.69, 9.17) is 10.9 Å². The Morgan fingerprint density at radius 3 is 2.32 bits per heavy atom. The number of fused-ring (bicyclic) bond motifs is 2. The summed E-state index contributed by atoms with van der Waals surface area (Å²) < 4.78 is 23.4. The minimum absolute atomic E-state index is 0. The monoisotopic (exact) mass is 432 g/mol. The lowest BCUT2D eigenvalue weighted by Crippen LogP contribution is -2.53. The van der Waals surface area contributed by atoms with Crippen molar-refractivity contribution in [2.45, 2.75) is 56.0 Å². The van der Waals surface area contributed by atoms with Crippen molar-refractivity contribution in [1.82, 2.24) is 5.32 Å². The zero-order valence-corrected chi connectivity index (χ0v) is 17.1. The number of nitrogens with one attached hydrogen (secondary N) is 1. The van der Waals surface area contributed by atoms with Gasteiger partial charge in [0.1, 0.15) is 0 Å². The largest absolute Gasteiger partial charge is 0.349 e. The molecule has 0 aromatic heterocycles. The number of nitrogens with two attached hydrogens (primary N) is 2. The predicted molar refractivity (Wildman–Crippen MR) is 106 cm³/mol. The molecule has 2 bridgehead atoms. The van der Waals surface area contributed by atoms with Crippen LogP contribution in [0.4, 0.5) is 5.69 Å². The molecule has 0 radical (unpaired) electrons. The van der Waals surface area contributed by atoms with E-state index in [9.17, 15) is 23.3 Å². The van der Waals surface area contributed by atoms with Gasteiger partial charge in [0.25, 0.3) is 11.6 Å². The summed E-state index contributed by atoms with van der Waals surface area (Å²) in [6.07, 6.45) is 4.71. The van der Waals surface area contributed by atoms with Crippen LogP contribution in [-0.4, -0.2) is 31.3 Å². The number of nitro groups is 1. The number of benzene rings is 1. The highest BCUT2D eigenvalue weighted by atomic mass is 35.5. The summed E-state index contributed by atoms with van der Waals surface area (Å²) >= 11 is 0. The molecule has 2 aliphatic rings. The molecule has 9 nitrogen and oxygen atoms in total. The van der Waals surface area contributed by atoms with Crippen LogP contribution < -0.4 is 16.2 Å². The summed E-state index contributed by atoms with van der Waals surface area (Å²) in [5.74, 6) is 0.0276. The Morgan fingerprint density at radius 2 is 1.82 bits per heavy atom. The number of rotatable bonds is 4. The van der Waals surface area contributed by atoms with Gasteiger partial charge in [0, 0.05) is 23.7 Å². The van der Waals surface area contributed by atoms with Crippen LogP contribution in [-0.2, 0) is 10.0 Å². The molecule has 0 spiro atoms. The topological polar surface area (TPSA) is 158 Å². The third kappa shape index (κ3) is 4.45. The fraction of sp³-hybridized carbons (Fsp3) is 0.588. The molecule has 156 valence electrons. The van der Waals surface area contributed by atoms with Crippen molar-refractivity contribution in [1.29, 1.82) is 0 Å². The molecule has 3 rings (SSSR count). The van der Waals surface area contributed by atoms with Gasteiger partial charge in [0.2, 0.25) is 10.0 Å². The van der Waals surface area contributed by atoms with Gasteiger partial charge in [-0.2, -0.15) is 0 Å². The summed E-state index contributed by atoms with van der Waals surface area (Å²) in [6, 6.07) is 2.07. The first-order valence-electron chi connectivity index (χ1n) is 8.96. The number of carbonyl (C=O) groups excluding carboxylic acids is 1. The third-order valence-corrected chi connectivity index (χ3v) is 6.69. The van der Waals surface area contributed by atoms with Gasteiger partial charge in [-0.15, -0.1) is 12.4 Å². The molecule has 2 saturated carbocycles. The second kappa shape index (κ2) is 8.32. The molecule has 5 N–H and O–H groups in total. The maximum atomic E-state index is 12.9. The van der Waals surface area contributed by atoms with Crippen molar-refractivity contribution >= 4 is 34.0 Å². The average molecular weight is 433 g/mol. The SMILES string of the molecule is Cc1c(C(=O)NC2C3CCCC2CC(N)C3)cc(S(N)(=O)=O)cc1[N+](=O)[O-].Cl. The number of primary sulfonamides is 1. The van der Waals surface area contributed by atoms with E-state index in [-0.39, 0.29) is 47.5 Å². The molecule has 1 amide bonds. The summed E-state index contributed by atoms with van der Waals surface area (Å²) in [5, 5.41) is 19.4. The van der Waals surface area contributed by atoms with Crippen LogP contribution >= 0.6 is 12.4 Å². The fourth-order valence-corrected chi connectivity index (χ4v) is 5.07. The standard InChI is InChI=1S/C17H24N4O5S.ClH/c1-9-14(7-13(27(19,25)26)8-15(9)21(23)24)17(22)20-16-10-3-2-4-11(16)6-12(18)5-10;/h7-8,10-12,16H,2-6,18H2,1H3,(H,20,22)(H2,19,25,26);1H. The van der Waals surface area contributed by atoms with E-state index < -0.39 is 31.4 Å². The quantitative estimate of drug-likeness (QED) is 0.484. The Morgan fingerprint density at radius 1 is 1.25 bits per heavy atom. The van der Waals surface area contributed by atoms with Crippen LogP contribution in [0, 0.1) is 28.9 Å². The van der Waals surface area contributed by atoms with Crippen LogP contribution in [0.3, 0.4) is 0 Å². The molecule has 0 aliphatic heterocycles. The normalized spacial score (nSPS) is 26.8. The molecular weight excluding hydrogens is 408 g/mol. The summed E-state index contributed by atoms with van der Waals surface area (Å²) in [4.78, 5) is 23.0. The molecule has 2 fully saturated rings. The van der Waals surface area contributed by atoms with E-state index in [1.54, 1.807) is 0 Å². The number of carbonyl (C=O) groups is 1. The Bertz CT molecular complexity index is 878. The average Bonchev–Trinajstić information content (AvgIpc) is 2.54. The van der Waals surface area contributed by atoms with Gasteiger partial charge in [-0.3, -0.25) is 14.9 Å². The number of hydrogen-bond donors (Lipinski definition) is 3. The van der Waals surface area contributed by atoms with Crippen molar-refractivity contribution < 1.29 is 18.1 Å². The van der Waals surface area contributed by atoms with Gasteiger partial charge in [0.15, 0.2) is 0 Å². The van der Waals surface area contributed by atoms with Crippen molar-refractivity contribution in [3.8, 4) is 0 Å². The van der Waals surface area contributed by atoms with E-state index >= 15 is 0 Å². The van der Waals surface area contributed by atoms with Crippen LogP contribution in [0.15, 0.2) is 17.0 Å². The molecule has 1 aromatic carbocycles. The molecule has 11 heteroatoms. The van der Waals surface area contributed by atoms with Crippen LogP contribution in [0.2, 0.25) is 0 Å². The first kappa shape index (κ1) is 22.5. The van der Waals surface area contributed by atoms with Gasteiger partial charge in [-0.1, -0.05) is 6.42 Å². The summed E-state index contributed by atoms with van der Waals surface area (Å²) in [7, 11) is -4.19. The summed E-state index contributed by atoms with van der Waals surface area (Å²) in [6.45, 7) is 1.43. The van der Waals surface area contributed by atoms with Gasteiger partial charge in [-0.25, -0.2) is 13.6 Å². The van der Waals surface area contributed by atoms with Gasteiger partial charge in [0.05, 0.1) is 15.4 Å². The highest BCUT2D eigenvalue weighted by Gasteiger charge is 2.40. The van der Waals surface area contributed by atoms with Crippen LogP contribution in [0.1, 0.15) is 48.0 Å². The molecule has 0 heterocycles. The highest BCUT2D eigenvalue weighted by molar-refractivity contribution is 7.89. The second-order valence-electron chi connectivity index (χ2n) is 7.60. The zero-order chi connectivity index (χ0) is 19.9. The first-order valence-corrected chi connectivity index (χ1v) is 10.5. The molecule has 2 aliphatic carbocycles. The number of nitro benzene ring substituents is 1. The molecule has 2 unspecified atom stereocenters. The molecule has 1 aromatic rings. The number of sulfonamides is 1. The third-order valence-electron chi connectivity index (χ3n) is 5.80. The van der Waals surface area contributed by atoms with Crippen molar-refractivity contribution in [3.63, 3.8) is 0 Å². The first-order chi connectivity index (χ1) is 12.6. The molecule has 2 atom stereocenters. The number of halogens is 1. The molecule has 0 saturated heterocycles. The van der Waals surface area contributed by atoms with Gasteiger partial charge >= 0.3 is 0 Å². The van der Waals surface area contributed by atoms with Gasteiger partial charge < -0.3 is 11.1 Å². The molecular formula is C17H25ClN4O5S. The van der Waals surface area contributed by atoms with Crippen LogP contribution in [0.5, 0.6) is 0 Å². The Kier molecular flexibility index (Phi) is 6.70. The number of nitrogens with zero attached hydrogens (tertiary/aromatic N) is 1. The number of hydrogen-bond acceptors (Lipinski definition) is 6. The van der Waals surface area contributed by atoms with Crippen molar-refractivity contribution in [2.75, 3.05) is 0 Å². The lowest BCUT2D eigenvalue weighted by molar-refractivity contribution is -0.385. The minimum Gasteiger partial charge on any atom is -0.349 e. The van der Waals surface area contributed by atoms with E-state index in [0.717, 1.165) is 44.2 Å². The van der Waals surface area contributed by atoms with E-state index in [0.29, 0.717) is 0 Å². The minimum atomic E-state index is -4.19. The van der Waals surface area contributed by atoms with E-state index in [2.05, 4.69) is 5.32 Å². The predicted octanol–water partition coefficient (Wildman–Crippen LogP) is 1.61. The van der Waals surface area contributed by atoms with Crippen molar-refractivity contribution in [2.24, 2.45) is 22.7 Å².